The van der Waals surface area contributed by atoms with Crippen molar-refractivity contribution < 1.29 is 4.52 Å². The smallest absolute Gasteiger partial charge is 0.223 e. The molecule has 0 saturated carbocycles. The van der Waals surface area contributed by atoms with Crippen molar-refractivity contribution in [3.05, 3.63) is 54.4 Å². The minimum Gasteiger partial charge on any atom is -0.355 e. The summed E-state index contributed by atoms with van der Waals surface area (Å²) in [6, 6.07) is 10.2. The van der Waals surface area contributed by atoms with E-state index in [1.54, 1.807) is 0 Å². The van der Waals surface area contributed by atoms with Crippen LogP contribution in [0.3, 0.4) is 0 Å². The maximum absolute atomic E-state index is 5.07. The SMILES string of the molecule is Cc1nc(CN2CC3CN(c4cnc(-c5ccccc5)cn4)CC3C2)no1. The van der Waals surface area contributed by atoms with E-state index in [9.17, 15) is 0 Å². The molecule has 1 aromatic carbocycles. The maximum Gasteiger partial charge on any atom is 0.223 e. The molecule has 138 valence electrons. The van der Waals surface area contributed by atoms with Gasteiger partial charge in [0.1, 0.15) is 5.82 Å². The van der Waals surface area contributed by atoms with Crippen LogP contribution in [0.2, 0.25) is 0 Å². The minimum atomic E-state index is 0.632. The fourth-order valence-electron chi connectivity index (χ4n) is 4.25. The third-order valence-electron chi connectivity index (χ3n) is 5.53. The zero-order valence-electron chi connectivity index (χ0n) is 15.3. The Balaban J connectivity index is 1.21. The van der Waals surface area contributed by atoms with E-state index in [0.717, 1.165) is 55.6 Å². The van der Waals surface area contributed by atoms with Gasteiger partial charge in [0.25, 0.3) is 0 Å². The molecule has 2 aromatic heterocycles. The molecule has 0 bridgehead atoms. The number of hydrogen-bond acceptors (Lipinski definition) is 7. The molecule has 2 atom stereocenters. The maximum atomic E-state index is 5.07. The summed E-state index contributed by atoms with van der Waals surface area (Å²) in [6.07, 6.45) is 3.78. The summed E-state index contributed by atoms with van der Waals surface area (Å²) in [6.45, 7) is 6.82. The zero-order chi connectivity index (χ0) is 18.2. The molecule has 2 unspecified atom stereocenters. The Morgan fingerprint density at radius 2 is 1.78 bits per heavy atom. The molecule has 3 aromatic rings. The van der Waals surface area contributed by atoms with Gasteiger partial charge in [-0.2, -0.15) is 4.98 Å². The molecule has 2 aliphatic heterocycles. The van der Waals surface area contributed by atoms with E-state index in [4.69, 9.17) is 4.52 Å². The monoisotopic (exact) mass is 362 g/mol. The van der Waals surface area contributed by atoms with Crippen molar-refractivity contribution in [2.45, 2.75) is 13.5 Å². The predicted molar refractivity (Wildman–Crippen MR) is 101 cm³/mol. The normalized spacial score (nSPS) is 22.3. The van der Waals surface area contributed by atoms with Crippen molar-refractivity contribution in [2.24, 2.45) is 11.8 Å². The molecule has 0 radical (unpaired) electrons. The number of benzene rings is 1. The number of hydrogen-bond donors (Lipinski definition) is 0. The summed E-state index contributed by atoms with van der Waals surface area (Å²) < 4.78 is 5.07. The summed E-state index contributed by atoms with van der Waals surface area (Å²) >= 11 is 0. The van der Waals surface area contributed by atoms with E-state index in [-0.39, 0.29) is 0 Å². The fraction of sp³-hybridized carbons (Fsp3) is 0.400. The molecular formula is C20H22N6O. The van der Waals surface area contributed by atoms with Crippen LogP contribution in [0.25, 0.3) is 11.3 Å². The van der Waals surface area contributed by atoms with Gasteiger partial charge >= 0.3 is 0 Å². The van der Waals surface area contributed by atoms with Gasteiger partial charge in [-0.3, -0.25) is 9.88 Å². The Hall–Kier alpha value is -2.80. The van der Waals surface area contributed by atoms with Gasteiger partial charge in [-0.15, -0.1) is 0 Å². The number of aryl methyl sites for hydroxylation is 1. The summed E-state index contributed by atoms with van der Waals surface area (Å²) in [5.74, 6) is 3.71. The number of likely N-dealkylation sites (tertiary alicyclic amines) is 1. The Morgan fingerprint density at radius 3 is 2.41 bits per heavy atom. The Morgan fingerprint density at radius 1 is 1.00 bits per heavy atom. The van der Waals surface area contributed by atoms with Crippen molar-refractivity contribution >= 4 is 5.82 Å². The first kappa shape index (κ1) is 16.4. The van der Waals surface area contributed by atoms with Crippen LogP contribution in [0.15, 0.2) is 47.2 Å². The molecular weight excluding hydrogens is 340 g/mol. The van der Waals surface area contributed by atoms with Crippen LogP contribution < -0.4 is 4.90 Å². The highest BCUT2D eigenvalue weighted by Gasteiger charge is 2.40. The van der Waals surface area contributed by atoms with E-state index in [1.165, 1.54) is 0 Å². The van der Waals surface area contributed by atoms with Crippen LogP contribution in [0.5, 0.6) is 0 Å². The molecule has 2 saturated heterocycles. The average Bonchev–Trinajstić information content (AvgIpc) is 3.38. The number of fused-ring (bicyclic) bond motifs is 1. The number of nitrogens with zero attached hydrogens (tertiary/aromatic N) is 6. The summed E-state index contributed by atoms with van der Waals surface area (Å²) in [5.41, 5.74) is 2.02. The van der Waals surface area contributed by atoms with Crippen LogP contribution in [-0.4, -0.2) is 51.2 Å². The molecule has 27 heavy (non-hydrogen) atoms. The van der Waals surface area contributed by atoms with Gasteiger partial charge in [0.05, 0.1) is 24.6 Å². The zero-order valence-corrected chi connectivity index (χ0v) is 15.3. The molecule has 4 heterocycles. The molecule has 0 amide bonds. The Bertz CT molecular complexity index is 896. The molecule has 0 N–H and O–H groups in total. The lowest BCUT2D eigenvalue weighted by atomic mass is 10.0. The molecule has 2 aliphatic rings. The standard InChI is InChI=1S/C20H22N6O/c1-14-23-19(24-27-14)13-25-9-16-11-26(12-17(16)10-25)20-8-21-18(7-22-20)15-5-3-2-4-6-15/h2-8,16-17H,9-13H2,1H3. The number of aromatic nitrogens is 4. The lowest BCUT2D eigenvalue weighted by molar-refractivity contribution is 0.292. The van der Waals surface area contributed by atoms with E-state index in [1.807, 2.05) is 37.5 Å². The van der Waals surface area contributed by atoms with E-state index in [2.05, 4.69) is 42.0 Å². The quantitative estimate of drug-likeness (QED) is 0.706. The van der Waals surface area contributed by atoms with Crippen molar-refractivity contribution in [3.63, 3.8) is 0 Å². The summed E-state index contributed by atoms with van der Waals surface area (Å²) in [5, 5.41) is 4.01. The van der Waals surface area contributed by atoms with Gasteiger partial charge in [0.15, 0.2) is 5.82 Å². The van der Waals surface area contributed by atoms with E-state index in [0.29, 0.717) is 17.7 Å². The Labute approximate surface area is 158 Å². The molecule has 2 fully saturated rings. The highest BCUT2D eigenvalue weighted by atomic mass is 16.5. The van der Waals surface area contributed by atoms with Crippen LogP contribution >= 0.6 is 0 Å². The number of anilines is 1. The van der Waals surface area contributed by atoms with E-state index < -0.39 is 0 Å². The van der Waals surface area contributed by atoms with Crippen LogP contribution in [0.1, 0.15) is 11.7 Å². The third kappa shape index (κ3) is 3.30. The molecule has 5 rings (SSSR count). The van der Waals surface area contributed by atoms with Crippen LogP contribution in [0.4, 0.5) is 5.82 Å². The number of rotatable bonds is 4. The highest BCUT2D eigenvalue weighted by molar-refractivity contribution is 5.58. The van der Waals surface area contributed by atoms with Gasteiger partial charge < -0.3 is 9.42 Å². The second-order valence-electron chi connectivity index (χ2n) is 7.47. The topological polar surface area (TPSA) is 71.2 Å². The molecule has 7 heteroatoms. The van der Waals surface area contributed by atoms with Crippen molar-refractivity contribution in [3.8, 4) is 11.3 Å². The van der Waals surface area contributed by atoms with Gasteiger partial charge in [-0.25, -0.2) is 4.98 Å². The minimum absolute atomic E-state index is 0.632. The summed E-state index contributed by atoms with van der Waals surface area (Å²) in [7, 11) is 0. The van der Waals surface area contributed by atoms with Gasteiger partial charge in [0.2, 0.25) is 5.89 Å². The molecule has 7 nitrogen and oxygen atoms in total. The first-order valence-corrected chi connectivity index (χ1v) is 9.38. The van der Waals surface area contributed by atoms with Gasteiger partial charge in [0, 0.05) is 38.7 Å². The van der Waals surface area contributed by atoms with Crippen molar-refractivity contribution in [1.29, 1.82) is 0 Å². The van der Waals surface area contributed by atoms with Crippen LogP contribution in [0, 0.1) is 18.8 Å². The summed E-state index contributed by atoms with van der Waals surface area (Å²) in [4.78, 5) is 18.4. The lowest BCUT2D eigenvalue weighted by Gasteiger charge is -2.21. The van der Waals surface area contributed by atoms with Gasteiger partial charge in [-0.05, 0) is 11.8 Å². The first-order chi connectivity index (χ1) is 13.2. The second kappa shape index (κ2) is 6.74. The molecule has 0 aliphatic carbocycles. The Kier molecular flexibility index (Phi) is 4.09. The van der Waals surface area contributed by atoms with Gasteiger partial charge in [-0.1, -0.05) is 35.5 Å². The highest BCUT2D eigenvalue weighted by Crippen LogP contribution is 2.33. The largest absolute Gasteiger partial charge is 0.355 e. The fourth-order valence-corrected chi connectivity index (χ4v) is 4.25. The van der Waals surface area contributed by atoms with Crippen molar-refractivity contribution in [2.75, 3.05) is 31.1 Å². The second-order valence-corrected chi connectivity index (χ2v) is 7.47. The lowest BCUT2D eigenvalue weighted by Crippen LogP contribution is -2.29. The average molecular weight is 362 g/mol. The molecule has 0 spiro atoms. The van der Waals surface area contributed by atoms with Crippen molar-refractivity contribution in [1.82, 2.24) is 25.0 Å². The van der Waals surface area contributed by atoms with Crippen LogP contribution in [-0.2, 0) is 6.54 Å². The first-order valence-electron chi connectivity index (χ1n) is 9.38. The predicted octanol–water partition coefficient (Wildman–Crippen LogP) is 2.40. The van der Waals surface area contributed by atoms with E-state index >= 15 is 0 Å². The third-order valence-corrected chi connectivity index (χ3v) is 5.53.